The number of hydrogen-bond acceptors (Lipinski definition) is 3. The average molecular weight is 257 g/mol. The molecule has 0 aromatic heterocycles. The SMILES string of the molecule is CCCOCCC(CCCC1CCCO1)NCC. The first-order chi connectivity index (χ1) is 8.86. The summed E-state index contributed by atoms with van der Waals surface area (Å²) in [7, 11) is 0. The summed E-state index contributed by atoms with van der Waals surface area (Å²) in [5, 5.41) is 3.56. The number of hydrogen-bond donors (Lipinski definition) is 1. The van der Waals surface area contributed by atoms with Crippen molar-refractivity contribution in [3.05, 3.63) is 0 Å². The zero-order chi connectivity index (χ0) is 13.1. The van der Waals surface area contributed by atoms with Gasteiger partial charge in [0.25, 0.3) is 0 Å². The van der Waals surface area contributed by atoms with Crippen LogP contribution in [0.25, 0.3) is 0 Å². The summed E-state index contributed by atoms with van der Waals surface area (Å²) < 4.78 is 11.2. The predicted octanol–water partition coefficient (Wildman–Crippen LogP) is 3.13. The maximum atomic E-state index is 5.66. The van der Waals surface area contributed by atoms with Crippen molar-refractivity contribution >= 4 is 0 Å². The summed E-state index contributed by atoms with van der Waals surface area (Å²) in [6.45, 7) is 8.16. The highest BCUT2D eigenvalue weighted by atomic mass is 16.5. The summed E-state index contributed by atoms with van der Waals surface area (Å²) in [5.74, 6) is 0. The quantitative estimate of drug-likeness (QED) is 0.577. The van der Waals surface area contributed by atoms with E-state index < -0.39 is 0 Å². The van der Waals surface area contributed by atoms with Crippen molar-refractivity contribution in [3.8, 4) is 0 Å². The van der Waals surface area contributed by atoms with Crippen LogP contribution in [-0.4, -0.2) is 38.5 Å². The van der Waals surface area contributed by atoms with Gasteiger partial charge in [0, 0.05) is 25.9 Å². The second kappa shape index (κ2) is 10.8. The molecule has 2 unspecified atom stereocenters. The third kappa shape index (κ3) is 7.34. The van der Waals surface area contributed by atoms with Crippen LogP contribution >= 0.6 is 0 Å². The van der Waals surface area contributed by atoms with Crippen LogP contribution in [0.2, 0.25) is 0 Å². The van der Waals surface area contributed by atoms with Crippen molar-refractivity contribution in [2.45, 2.75) is 70.9 Å². The molecular weight excluding hydrogens is 226 g/mol. The lowest BCUT2D eigenvalue weighted by atomic mass is 10.0. The third-order valence-corrected chi connectivity index (χ3v) is 3.55. The standard InChI is InChI=1S/C15H31NO2/c1-3-11-17-13-10-14(16-4-2)7-5-8-15-9-6-12-18-15/h14-16H,3-13H2,1-2H3. The summed E-state index contributed by atoms with van der Waals surface area (Å²) in [6, 6.07) is 0.619. The van der Waals surface area contributed by atoms with Crippen LogP contribution < -0.4 is 5.32 Å². The molecule has 1 N–H and O–H groups in total. The first-order valence-corrected chi connectivity index (χ1v) is 7.79. The highest BCUT2D eigenvalue weighted by Gasteiger charge is 2.15. The van der Waals surface area contributed by atoms with Crippen LogP contribution in [0.3, 0.4) is 0 Å². The lowest BCUT2D eigenvalue weighted by Gasteiger charge is -2.18. The van der Waals surface area contributed by atoms with Gasteiger partial charge in [-0.25, -0.2) is 0 Å². The van der Waals surface area contributed by atoms with E-state index in [0.29, 0.717) is 12.1 Å². The van der Waals surface area contributed by atoms with E-state index in [0.717, 1.165) is 39.2 Å². The number of ether oxygens (including phenoxy) is 2. The van der Waals surface area contributed by atoms with Crippen LogP contribution in [0.1, 0.15) is 58.8 Å². The minimum absolute atomic E-state index is 0.545. The Morgan fingerprint density at radius 2 is 2.17 bits per heavy atom. The first-order valence-electron chi connectivity index (χ1n) is 7.79. The molecule has 0 aromatic carbocycles. The van der Waals surface area contributed by atoms with E-state index in [1.807, 2.05) is 0 Å². The average Bonchev–Trinajstić information content (AvgIpc) is 2.87. The van der Waals surface area contributed by atoms with Crippen molar-refractivity contribution in [1.29, 1.82) is 0 Å². The van der Waals surface area contributed by atoms with Crippen LogP contribution in [0, 0.1) is 0 Å². The molecule has 1 rings (SSSR count). The fourth-order valence-electron chi connectivity index (χ4n) is 2.57. The molecule has 1 aliphatic rings. The lowest BCUT2D eigenvalue weighted by molar-refractivity contribution is 0.0992. The molecule has 1 fully saturated rings. The molecule has 0 amide bonds. The van der Waals surface area contributed by atoms with E-state index >= 15 is 0 Å². The van der Waals surface area contributed by atoms with Crippen LogP contribution in [-0.2, 0) is 9.47 Å². The van der Waals surface area contributed by atoms with Gasteiger partial charge in [0.05, 0.1) is 6.10 Å². The highest BCUT2D eigenvalue weighted by molar-refractivity contribution is 4.70. The molecule has 108 valence electrons. The van der Waals surface area contributed by atoms with Crippen LogP contribution in [0.5, 0.6) is 0 Å². The fourth-order valence-corrected chi connectivity index (χ4v) is 2.57. The molecule has 1 heterocycles. The largest absolute Gasteiger partial charge is 0.381 e. The minimum Gasteiger partial charge on any atom is -0.381 e. The van der Waals surface area contributed by atoms with Gasteiger partial charge in [-0.1, -0.05) is 13.8 Å². The van der Waals surface area contributed by atoms with Gasteiger partial charge in [-0.3, -0.25) is 0 Å². The molecule has 0 spiro atoms. The van der Waals surface area contributed by atoms with Gasteiger partial charge >= 0.3 is 0 Å². The normalized spacial score (nSPS) is 21.3. The Morgan fingerprint density at radius 1 is 1.28 bits per heavy atom. The molecule has 0 aromatic rings. The third-order valence-electron chi connectivity index (χ3n) is 3.55. The molecule has 2 atom stereocenters. The Labute approximate surface area is 113 Å². The molecule has 18 heavy (non-hydrogen) atoms. The van der Waals surface area contributed by atoms with Crippen LogP contribution in [0.15, 0.2) is 0 Å². The first kappa shape index (κ1) is 15.9. The van der Waals surface area contributed by atoms with E-state index in [1.165, 1.54) is 32.1 Å². The second-order valence-electron chi connectivity index (χ2n) is 5.22. The summed E-state index contributed by atoms with van der Waals surface area (Å²) in [6.07, 6.45) is 9.09. The van der Waals surface area contributed by atoms with E-state index in [-0.39, 0.29) is 0 Å². The Kier molecular flexibility index (Phi) is 9.54. The summed E-state index contributed by atoms with van der Waals surface area (Å²) in [5.41, 5.74) is 0. The Balaban J connectivity index is 2.04. The molecule has 1 aliphatic heterocycles. The highest BCUT2D eigenvalue weighted by Crippen LogP contribution is 2.18. The van der Waals surface area contributed by atoms with Crippen molar-refractivity contribution in [1.82, 2.24) is 5.32 Å². The Hall–Kier alpha value is -0.120. The molecule has 3 nitrogen and oxygen atoms in total. The minimum atomic E-state index is 0.545. The number of nitrogens with one attached hydrogen (secondary N) is 1. The van der Waals surface area contributed by atoms with Crippen molar-refractivity contribution in [2.24, 2.45) is 0 Å². The van der Waals surface area contributed by atoms with E-state index in [4.69, 9.17) is 9.47 Å². The van der Waals surface area contributed by atoms with Gasteiger partial charge in [-0.2, -0.15) is 0 Å². The maximum absolute atomic E-state index is 5.66. The van der Waals surface area contributed by atoms with Gasteiger partial charge in [0.1, 0.15) is 0 Å². The van der Waals surface area contributed by atoms with Gasteiger partial charge in [0.15, 0.2) is 0 Å². The molecule has 0 saturated carbocycles. The van der Waals surface area contributed by atoms with Gasteiger partial charge in [0.2, 0.25) is 0 Å². The molecule has 0 radical (unpaired) electrons. The van der Waals surface area contributed by atoms with Gasteiger partial charge in [-0.15, -0.1) is 0 Å². The molecule has 1 saturated heterocycles. The molecule has 3 heteroatoms. The smallest absolute Gasteiger partial charge is 0.0576 e. The zero-order valence-electron chi connectivity index (χ0n) is 12.2. The Bertz CT molecular complexity index is 181. The maximum Gasteiger partial charge on any atom is 0.0576 e. The number of rotatable bonds is 11. The van der Waals surface area contributed by atoms with Crippen molar-refractivity contribution < 1.29 is 9.47 Å². The van der Waals surface area contributed by atoms with Crippen molar-refractivity contribution in [3.63, 3.8) is 0 Å². The lowest BCUT2D eigenvalue weighted by Crippen LogP contribution is -2.30. The van der Waals surface area contributed by atoms with E-state index in [1.54, 1.807) is 0 Å². The van der Waals surface area contributed by atoms with E-state index in [9.17, 15) is 0 Å². The summed E-state index contributed by atoms with van der Waals surface area (Å²) in [4.78, 5) is 0. The zero-order valence-corrected chi connectivity index (χ0v) is 12.2. The van der Waals surface area contributed by atoms with Gasteiger partial charge in [-0.05, 0) is 51.5 Å². The monoisotopic (exact) mass is 257 g/mol. The van der Waals surface area contributed by atoms with Crippen molar-refractivity contribution in [2.75, 3.05) is 26.4 Å². The predicted molar refractivity (Wildman–Crippen MR) is 76.0 cm³/mol. The molecule has 0 aliphatic carbocycles. The summed E-state index contributed by atoms with van der Waals surface area (Å²) >= 11 is 0. The fraction of sp³-hybridized carbons (Fsp3) is 1.00. The second-order valence-corrected chi connectivity index (χ2v) is 5.22. The van der Waals surface area contributed by atoms with Crippen LogP contribution in [0.4, 0.5) is 0 Å². The topological polar surface area (TPSA) is 30.5 Å². The van der Waals surface area contributed by atoms with Gasteiger partial charge < -0.3 is 14.8 Å². The molecular formula is C15H31NO2. The molecule has 0 bridgehead atoms. The van der Waals surface area contributed by atoms with E-state index in [2.05, 4.69) is 19.2 Å². The Morgan fingerprint density at radius 3 is 2.83 bits per heavy atom.